The smallest absolute Gasteiger partial charge is 0.123 e. The summed E-state index contributed by atoms with van der Waals surface area (Å²) in [5.74, 6) is -0.176. The number of benzene rings is 1. The molecule has 0 atom stereocenters. The molecule has 0 bridgehead atoms. The number of allylic oxidation sites excluding steroid dienone is 1. The summed E-state index contributed by atoms with van der Waals surface area (Å²) >= 11 is 0. The van der Waals surface area contributed by atoms with Crippen molar-refractivity contribution < 1.29 is 4.39 Å². The van der Waals surface area contributed by atoms with Crippen LogP contribution >= 0.6 is 0 Å². The molecule has 0 aliphatic carbocycles. The maximum absolute atomic E-state index is 13.5. The Bertz CT molecular complexity index is 779. The van der Waals surface area contributed by atoms with Gasteiger partial charge >= 0.3 is 0 Å². The highest BCUT2D eigenvalue weighted by Crippen LogP contribution is 2.20. The molecule has 0 saturated heterocycles. The molecule has 3 heteroatoms. The molecule has 0 spiro atoms. The normalized spacial score (nSPS) is 11.4. The van der Waals surface area contributed by atoms with Gasteiger partial charge in [0, 0.05) is 29.3 Å². The Morgan fingerprint density at radius 3 is 1.88 bits per heavy atom. The van der Waals surface area contributed by atoms with Crippen molar-refractivity contribution >= 4 is 10.9 Å². The van der Waals surface area contributed by atoms with Crippen molar-refractivity contribution in [2.24, 2.45) is 0 Å². The molecule has 34 heavy (non-hydrogen) atoms. The quantitative estimate of drug-likeness (QED) is 0.165. The SMILES string of the molecule is C=C(CCCCCCCCCCCCCCCCCCC)NCCc1c[nH]c2ccc(F)cc12. The van der Waals surface area contributed by atoms with Crippen LogP contribution < -0.4 is 5.32 Å². The molecule has 1 aromatic carbocycles. The second-order valence-corrected chi connectivity index (χ2v) is 10.2. The third-order valence-corrected chi connectivity index (χ3v) is 7.08. The van der Waals surface area contributed by atoms with Crippen LogP contribution in [0.4, 0.5) is 4.39 Å². The van der Waals surface area contributed by atoms with E-state index in [4.69, 9.17) is 0 Å². The first-order valence-electron chi connectivity index (χ1n) is 14.4. The van der Waals surface area contributed by atoms with Crippen molar-refractivity contribution in [1.82, 2.24) is 10.3 Å². The largest absolute Gasteiger partial charge is 0.388 e. The highest BCUT2D eigenvalue weighted by atomic mass is 19.1. The van der Waals surface area contributed by atoms with E-state index in [0.717, 1.165) is 41.5 Å². The lowest BCUT2D eigenvalue weighted by molar-refractivity contribution is 0.526. The van der Waals surface area contributed by atoms with Crippen molar-refractivity contribution in [2.75, 3.05) is 6.54 Å². The van der Waals surface area contributed by atoms with Crippen LogP contribution in [0.3, 0.4) is 0 Å². The topological polar surface area (TPSA) is 27.8 Å². The van der Waals surface area contributed by atoms with Crippen molar-refractivity contribution in [3.8, 4) is 0 Å². The molecular weight excluding hydrogens is 419 g/mol. The number of aromatic nitrogens is 1. The fourth-order valence-corrected chi connectivity index (χ4v) is 4.88. The molecule has 0 amide bonds. The van der Waals surface area contributed by atoms with Crippen molar-refractivity contribution in [2.45, 2.75) is 129 Å². The lowest BCUT2D eigenvalue weighted by Crippen LogP contribution is -2.15. The molecule has 2 nitrogen and oxygen atoms in total. The molecule has 0 aliphatic heterocycles. The van der Waals surface area contributed by atoms with E-state index >= 15 is 0 Å². The Balaban J connectivity index is 1.33. The summed E-state index contributed by atoms with van der Waals surface area (Å²) < 4.78 is 13.5. The van der Waals surface area contributed by atoms with Crippen LogP contribution in [0.1, 0.15) is 128 Å². The zero-order valence-corrected chi connectivity index (χ0v) is 22.0. The minimum atomic E-state index is -0.176. The summed E-state index contributed by atoms with van der Waals surface area (Å²) in [5.41, 5.74) is 3.29. The molecule has 1 heterocycles. The Hall–Kier alpha value is -1.77. The molecule has 0 fully saturated rings. The van der Waals surface area contributed by atoms with Crippen LogP contribution in [0.25, 0.3) is 10.9 Å². The second kappa shape index (κ2) is 18.5. The number of hydrogen-bond acceptors (Lipinski definition) is 1. The maximum atomic E-state index is 13.5. The van der Waals surface area contributed by atoms with Crippen LogP contribution in [0, 0.1) is 5.82 Å². The van der Waals surface area contributed by atoms with E-state index in [-0.39, 0.29) is 5.82 Å². The van der Waals surface area contributed by atoms with E-state index in [1.807, 2.05) is 6.20 Å². The fourth-order valence-electron chi connectivity index (χ4n) is 4.88. The molecule has 0 radical (unpaired) electrons. The number of fused-ring (bicyclic) bond motifs is 1. The highest BCUT2D eigenvalue weighted by Gasteiger charge is 2.05. The van der Waals surface area contributed by atoms with E-state index in [2.05, 4.69) is 23.8 Å². The fraction of sp³-hybridized carbons (Fsp3) is 0.677. The van der Waals surface area contributed by atoms with Gasteiger partial charge in [-0.2, -0.15) is 0 Å². The zero-order valence-electron chi connectivity index (χ0n) is 22.0. The van der Waals surface area contributed by atoms with E-state index in [9.17, 15) is 4.39 Å². The minimum Gasteiger partial charge on any atom is -0.388 e. The minimum absolute atomic E-state index is 0.176. The van der Waals surface area contributed by atoms with Gasteiger partial charge in [-0.3, -0.25) is 0 Å². The standard InChI is InChI=1S/C31H51FN2/c1-3-4-5-6-7-8-9-10-11-12-13-14-15-16-17-18-19-20-27(2)33-24-23-28-26-34-31-22-21-29(32)25-30(28)31/h21-22,25-26,33-34H,2-20,23-24H2,1H3. The summed E-state index contributed by atoms with van der Waals surface area (Å²) in [5, 5.41) is 4.44. The molecule has 2 aromatic rings. The van der Waals surface area contributed by atoms with Gasteiger partial charge in [0.25, 0.3) is 0 Å². The number of halogens is 1. The monoisotopic (exact) mass is 470 g/mol. The van der Waals surface area contributed by atoms with Gasteiger partial charge < -0.3 is 10.3 Å². The summed E-state index contributed by atoms with van der Waals surface area (Å²) in [4.78, 5) is 3.22. The first-order chi connectivity index (χ1) is 16.7. The molecule has 192 valence electrons. The van der Waals surface area contributed by atoms with Crippen LogP contribution in [0.2, 0.25) is 0 Å². The van der Waals surface area contributed by atoms with Gasteiger partial charge in [0.15, 0.2) is 0 Å². The van der Waals surface area contributed by atoms with Gasteiger partial charge in [0.1, 0.15) is 5.82 Å². The van der Waals surface area contributed by atoms with Crippen LogP contribution in [-0.2, 0) is 6.42 Å². The third-order valence-electron chi connectivity index (χ3n) is 7.08. The van der Waals surface area contributed by atoms with Gasteiger partial charge in [0.05, 0.1) is 0 Å². The average molecular weight is 471 g/mol. The summed E-state index contributed by atoms with van der Waals surface area (Å²) in [6.45, 7) is 7.32. The molecular formula is C31H51FN2. The predicted molar refractivity (Wildman–Crippen MR) is 148 cm³/mol. The Morgan fingerprint density at radius 1 is 0.794 bits per heavy atom. The molecule has 0 aliphatic rings. The number of nitrogens with one attached hydrogen (secondary N) is 2. The lowest BCUT2D eigenvalue weighted by atomic mass is 10.0. The lowest BCUT2D eigenvalue weighted by Gasteiger charge is -2.09. The van der Waals surface area contributed by atoms with Crippen molar-refractivity contribution in [1.29, 1.82) is 0 Å². The van der Waals surface area contributed by atoms with Gasteiger partial charge in [-0.25, -0.2) is 4.39 Å². The molecule has 1 aromatic heterocycles. The number of rotatable bonds is 22. The van der Waals surface area contributed by atoms with E-state index in [1.165, 1.54) is 115 Å². The number of unbranched alkanes of at least 4 members (excludes halogenated alkanes) is 16. The molecule has 0 unspecified atom stereocenters. The highest BCUT2D eigenvalue weighted by molar-refractivity contribution is 5.83. The van der Waals surface area contributed by atoms with Crippen molar-refractivity contribution in [3.63, 3.8) is 0 Å². The Morgan fingerprint density at radius 2 is 1.32 bits per heavy atom. The van der Waals surface area contributed by atoms with Crippen LogP contribution in [0.15, 0.2) is 36.7 Å². The maximum Gasteiger partial charge on any atom is 0.123 e. The summed E-state index contributed by atoms with van der Waals surface area (Å²) in [7, 11) is 0. The number of hydrogen-bond donors (Lipinski definition) is 2. The van der Waals surface area contributed by atoms with E-state index in [0.29, 0.717) is 0 Å². The van der Waals surface area contributed by atoms with E-state index < -0.39 is 0 Å². The molecule has 2 N–H and O–H groups in total. The number of aromatic amines is 1. The van der Waals surface area contributed by atoms with Crippen LogP contribution in [-0.4, -0.2) is 11.5 Å². The molecule has 2 rings (SSSR count). The van der Waals surface area contributed by atoms with Gasteiger partial charge in [-0.05, 0) is 43.0 Å². The summed E-state index contributed by atoms with van der Waals surface area (Å²) in [6, 6.07) is 4.92. The Kier molecular flexibility index (Phi) is 15.5. The predicted octanol–water partition coefficient (Wildman–Crippen LogP) is 9.99. The first kappa shape index (κ1) is 28.5. The van der Waals surface area contributed by atoms with Gasteiger partial charge in [0.2, 0.25) is 0 Å². The summed E-state index contributed by atoms with van der Waals surface area (Å²) in [6.07, 6.45) is 27.8. The first-order valence-corrected chi connectivity index (χ1v) is 14.4. The van der Waals surface area contributed by atoms with E-state index in [1.54, 1.807) is 12.1 Å². The Labute approximate surface area is 209 Å². The van der Waals surface area contributed by atoms with Gasteiger partial charge in [-0.15, -0.1) is 0 Å². The average Bonchev–Trinajstić information content (AvgIpc) is 3.23. The number of H-pyrrole nitrogens is 1. The van der Waals surface area contributed by atoms with Crippen LogP contribution in [0.5, 0.6) is 0 Å². The zero-order chi connectivity index (χ0) is 24.3. The van der Waals surface area contributed by atoms with Gasteiger partial charge in [-0.1, -0.05) is 116 Å². The second-order valence-electron chi connectivity index (χ2n) is 10.2. The molecule has 0 saturated carbocycles. The van der Waals surface area contributed by atoms with Crippen molar-refractivity contribution in [3.05, 3.63) is 48.1 Å². The third kappa shape index (κ3) is 12.6.